The van der Waals surface area contributed by atoms with Crippen LogP contribution in [0.4, 0.5) is 5.69 Å². The van der Waals surface area contributed by atoms with Gasteiger partial charge >= 0.3 is 0 Å². The van der Waals surface area contributed by atoms with Crippen molar-refractivity contribution >= 4 is 22.9 Å². The number of hydrogen-bond acceptors (Lipinski definition) is 5. The summed E-state index contributed by atoms with van der Waals surface area (Å²) in [5.41, 5.74) is 5.61. The highest BCUT2D eigenvalue weighted by Gasteiger charge is 2.32. The van der Waals surface area contributed by atoms with Crippen molar-refractivity contribution in [3.63, 3.8) is 0 Å². The van der Waals surface area contributed by atoms with E-state index < -0.39 is 0 Å². The van der Waals surface area contributed by atoms with Crippen molar-refractivity contribution in [2.75, 3.05) is 25.0 Å². The van der Waals surface area contributed by atoms with Gasteiger partial charge in [0.1, 0.15) is 12.4 Å². The van der Waals surface area contributed by atoms with Gasteiger partial charge in [0.2, 0.25) is 0 Å². The molecule has 4 rings (SSSR count). The molecule has 0 unspecified atom stereocenters. The number of likely N-dealkylation sites (N-methyl/N-ethyl adjacent to an activating group) is 1. The predicted molar refractivity (Wildman–Crippen MR) is 108 cm³/mol. The maximum atomic E-state index is 12.5. The van der Waals surface area contributed by atoms with Crippen LogP contribution in [0.5, 0.6) is 0 Å². The van der Waals surface area contributed by atoms with Crippen LogP contribution in [0.3, 0.4) is 0 Å². The monoisotopic (exact) mass is 374 g/mol. The highest BCUT2D eigenvalue weighted by atomic mass is 16.5. The van der Waals surface area contributed by atoms with Gasteiger partial charge in [0.25, 0.3) is 5.91 Å². The zero-order valence-corrected chi connectivity index (χ0v) is 15.8. The van der Waals surface area contributed by atoms with E-state index in [1.165, 1.54) is 5.56 Å². The Labute approximate surface area is 164 Å². The third-order valence-corrected chi connectivity index (χ3v) is 5.17. The Hall–Kier alpha value is -3.30. The van der Waals surface area contributed by atoms with Gasteiger partial charge in [-0.15, -0.1) is 0 Å². The molecule has 0 atom stereocenters. The Morgan fingerprint density at radius 3 is 2.93 bits per heavy atom. The Morgan fingerprint density at radius 1 is 1.25 bits per heavy atom. The van der Waals surface area contributed by atoms with E-state index in [-0.39, 0.29) is 5.91 Å². The largest absolute Gasteiger partial charge is 0.487 e. The van der Waals surface area contributed by atoms with Gasteiger partial charge in [-0.1, -0.05) is 43.3 Å². The van der Waals surface area contributed by atoms with Gasteiger partial charge in [0, 0.05) is 42.0 Å². The van der Waals surface area contributed by atoms with E-state index in [1.807, 2.05) is 30.5 Å². The highest BCUT2D eigenvalue weighted by Crippen LogP contribution is 2.41. The van der Waals surface area contributed by atoms with Crippen LogP contribution in [-0.2, 0) is 22.7 Å². The van der Waals surface area contributed by atoms with Crippen LogP contribution in [0, 0.1) is 11.5 Å². The molecule has 0 bridgehead atoms. The van der Waals surface area contributed by atoms with Gasteiger partial charge in [-0.25, -0.2) is 0 Å². The van der Waals surface area contributed by atoms with Crippen molar-refractivity contribution in [3.8, 4) is 6.19 Å². The first kappa shape index (κ1) is 18.1. The minimum Gasteiger partial charge on any atom is -0.487 e. The minimum atomic E-state index is -0.115. The molecule has 0 aliphatic carbocycles. The lowest BCUT2D eigenvalue weighted by Crippen LogP contribution is -2.30. The minimum absolute atomic E-state index is 0.115. The van der Waals surface area contributed by atoms with E-state index in [2.05, 4.69) is 40.7 Å². The lowest BCUT2D eigenvalue weighted by Gasteiger charge is -2.20. The lowest BCUT2D eigenvalue weighted by molar-refractivity contribution is -0.110. The molecule has 0 radical (unpaired) electrons. The summed E-state index contributed by atoms with van der Waals surface area (Å²) in [6, 6.07) is 14.0. The molecule has 0 saturated carbocycles. The van der Waals surface area contributed by atoms with Crippen molar-refractivity contribution in [2.24, 2.45) is 0 Å². The molecule has 2 N–H and O–H groups in total. The summed E-state index contributed by atoms with van der Waals surface area (Å²) in [6.45, 7) is 5.76. The Balaban J connectivity index is 1.59. The van der Waals surface area contributed by atoms with E-state index in [9.17, 15) is 4.79 Å². The van der Waals surface area contributed by atoms with Gasteiger partial charge in [0.15, 0.2) is 6.19 Å². The fraction of sp³-hybridized carbons (Fsp3) is 0.273. The van der Waals surface area contributed by atoms with Gasteiger partial charge in [0.05, 0.1) is 5.57 Å². The first-order chi connectivity index (χ1) is 13.7. The van der Waals surface area contributed by atoms with Crippen LogP contribution in [-0.4, -0.2) is 30.4 Å². The quantitative estimate of drug-likeness (QED) is 0.352. The Kier molecular flexibility index (Phi) is 5.00. The fourth-order valence-corrected chi connectivity index (χ4v) is 3.74. The number of para-hydroxylation sites is 1. The number of benzene rings is 2. The number of rotatable bonds is 6. The molecule has 2 aromatic carbocycles. The van der Waals surface area contributed by atoms with Crippen molar-refractivity contribution in [2.45, 2.75) is 20.1 Å². The van der Waals surface area contributed by atoms with Crippen LogP contribution in [0.2, 0.25) is 0 Å². The second-order valence-corrected chi connectivity index (χ2v) is 6.89. The number of nitrogens with zero attached hydrogens (tertiary/aromatic N) is 2. The third kappa shape index (κ3) is 3.32. The number of nitriles is 1. The summed E-state index contributed by atoms with van der Waals surface area (Å²) in [4.78, 5) is 14.8. The zero-order chi connectivity index (χ0) is 19.5. The molecule has 6 heteroatoms. The van der Waals surface area contributed by atoms with E-state index in [0.717, 1.165) is 42.0 Å². The zero-order valence-electron chi connectivity index (χ0n) is 15.8. The van der Waals surface area contributed by atoms with Crippen LogP contribution in [0.25, 0.3) is 11.3 Å². The molecular weight excluding hydrogens is 352 g/mol. The lowest BCUT2D eigenvalue weighted by atomic mass is 9.99. The maximum absolute atomic E-state index is 12.5. The van der Waals surface area contributed by atoms with Gasteiger partial charge in [-0.3, -0.25) is 9.69 Å². The van der Waals surface area contributed by atoms with Crippen LogP contribution in [0.1, 0.15) is 29.2 Å². The first-order valence-corrected chi connectivity index (χ1v) is 9.45. The molecular formula is C22H22N4O2. The Morgan fingerprint density at radius 2 is 2.11 bits per heavy atom. The number of hydrogen-bond donors (Lipinski definition) is 2. The molecule has 0 fully saturated rings. The second kappa shape index (κ2) is 7.75. The van der Waals surface area contributed by atoms with E-state index in [0.29, 0.717) is 24.5 Å². The maximum Gasteiger partial charge on any atom is 0.260 e. The number of carbonyl (C=O) groups is 1. The van der Waals surface area contributed by atoms with Gasteiger partial charge in [-0.05, 0) is 18.2 Å². The topological polar surface area (TPSA) is 77.4 Å². The first-order valence-electron chi connectivity index (χ1n) is 9.45. The van der Waals surface area contributed by atoms with Crippen LogP contribution >= 0.6 is 0 Å². The summed E-state index contributed by atoms with van der Waals surface area (Å²) < 4.78 is 5.96. The number of carbonyl (C=O) groups excluding carboxylic acids is 1. The molecule has 2 aliphatic rings. The average molecular weight is 374 g/mol. The molecule has 2 aromatic rings. The Bertz CT molecular complexity index is 990. The van der Waals surface area contributed by atoms with Crippen molar-refractivity contribution in [1.82, 2.24) is 10.2 Å². The molecule has 0 saturated heterocycles. The number of fused-ring (bicyclic) bond motifs is 2. The molecule has 2 aliphatic heterocycles. The molecule has 28 heavy (non-hydrogen) atoms. The van der Waals surface area contributed by atoms with Gasteiger partial charge < -0.3 is 15.4 Å². The van der Waals surface area contributed by atoms with Crippen LogP contribution < -0.4 is 10.6 Å². The summed E-state index contributed by atoms with van der Waals surface area (Å²) in [5.74, 6) is 0.546. The van der Waals surface area contributed by atoms with Crippen LogP contribution in [0.15, 0.2) is 42.5 Å². The standard InChI is InChI=1S/C22H22N4O2/c1-2-26(10-9-24-14-23)12-15-7-8-17-16(11-15)13-28-21(17)20-18-5-3-4-6-19(18)25-22(20)27/h3-8,11,24H,2,9-10,12-13H2,1H3,(H,25,27)/b21-20+. The summed E-state index contributed by atoms with van der Waals surface area (Å²) in [5, 5.41) is 14.2. The SMILES string of the molecule is CCN(CCNC#N)Cc1ccc2c(c1)CO/C2=C1/C(=O)Nc2ccccc21. The van der Waals surface area contributed by atoms with Gasteiger partial charge in [-0.2, -0.15) is 5.26 Å². The third-order valence-electron chi connectivity index (χ3n) is 5.17. The fourth-order valence-electron chi connectivity index (χ4n) is 3.74. The summed E-state index contributed by atoms with van der Waals surface area (Å²) >= 11 is 0. The number of nitrogens with one attached hydrogen (secondary N) is 2. The van der Waals surface area contributed by atoms with E-state index >= 15 is 0 Å². The summed E-state index contributed by atoms with van der Waals surface area (Å²) in [7, 11) is 0. The summed E-state index contributed by atoms with van der Waals surface area (Å²) in [6.07, 6.45) is 1.96. The molecule has 0 aromatic heterocycles. The average Bonchev–Trinajstić information content (AvgIpc) is 3.26. The number of amides is 1. The van der Waals surface area contributed by atoms with Crippen molar-refractivity contribution < 1.29 is 9.53 Å². The smallest absolute Gasteiger partial charge is 0.260 e. The molecule has 0 spiro atoms. The molecule has 142 valence electrons. The van der Waals surface area contributed by atoms with E-state index in [4.69, 9.17) is 10.00 Å². The van der Waals surface area contributed by atoms with E-state index in [1.54, 1.807) is 0 Å². The number of ether oxygens (including phenoxy) is 1. The molecule has 2 heterocycles. The normalized spacial score (nSPS) is 17.0. The predicted octanol–water partition coefficient (Wildman–Crippen LogP) is 2.93. The molecule has 1 amide bonds. The highest BCUT2D eigenvalue weighted by molar-refractivity contribution is 6.36. The van der Waals surface area contributed by atoms with Crippen molar-refractivity contribution in [1.29, 1.82) is 5.26 Å². The van der Waals surface area contributed by atoms with Crippen molar-refractivity contribution in [3.05, 3.63) is 64.7 Å². The number of anilines is 1. The second-order valence-electron chi connectivity index (χ2n) is 6.89. The molecule has 6 nitrogen and oxygen atoms in total.